The number of ether oxygens (including phenoxy) is 1. The van der Waals surface area contributed by atoms with E-state index < -0.39 is 0 Å². The molecule has 112 valence electrons. The molecule has 2 rings (SSSR count). The first-order valence-electron chi connectivity index (χ1n) is 8.16. The van der Waals surface area contributed by atoms with Crippen molar-refractivity contribution in [2.45, 2.75) is 63.8 Å². The topological polar surface area (TPSA) is 35.2 Å². The molecule has 1 atom stereocenters. The Kier molecular flexibility index (Phi) is 6.38. The normalized spacial score (nSPS) is 17.9. The van der Waals surface area contributed by atoms with Crippen LogP contribution >= 0.6 is 0 Å². The van der Waals surface area contributed by atoms with Gasteiger partial charge in [-0.15, -0.1) is 0 Å². The first kappa shape index (κ1) is 15.4. The molecule has 1 unspecified atom stereocenters. The zero-order valence-corrected chi connectivity index (χ0v) is 12.8. The van der Waals surface area contributed by atoms with Gasteiger partial charge >= 0.3 is 0 Å². The SMILES string of the molecule is COc1ccc(CCC(N)CCC2CCCCC2)cc1. The highest BCUT2D eigenvalue weighted by Crippen LogP contribution is 2.27. The van der Waals surface area contributed by atoms with Crippen molar-refractivity contribution in [2.24, 2.45) is 11.7 Å². The summed E-state index contributed by atoms with van der Waals surface area (Å²) < 4.78 is 5.18. The van der Waals surface area contributed by atoms with E-state index in [1.807, 2.05) is 12.1 Å². The Balaban J connectivity index is 1.64. The molecule has 2 heteroatoms. The number of hydrogen-bond donors (Lipinski definition) is 1. The fraction of sp³-hybridized carbons (Fsp3) is 0.667. The summed E-state index contributed by atoms with van der Waals surface area (Å²) in [6, 6.07) is 8.71. The lowest BCUT2D eigenvalue weighted by molar-refractivity contribution is 0.321. The Morgan fingerprint density at radius 3 is 2.45 bits per heavy atom. The van der Waals surface area contributed by atoms with E-state index in [4.69, 9.17) is 10.5 Å². The fourth-order valence-corrected chi connectivity index (χ4v) is 3.21. The summed E-state index contributed by atoms with van der Waals surface area (Å²) in [7, 11) is 1.70. The second-order valence-corrected chi connectivity index (χ2v) is 6.23. The van der Waals surface area contributed by atoms with Gasteiger partial charge < -0.3 is 10.5 Å². The summed E-state index contributed by atoms with van der Waals surface area (Å²) in [4.78, 5) is 0. The maximum absolute atomic E-state index is 6.27. The molecule has 2 N–H and O–H groups in total. The van der Waals surface area contributed by atoms with Gasteiger partial charge in [-0.3, -0.25) is 0 Å². The predicted molar refractivity (Wildman–Crippen MR) is 85.1 cm³/mol. The average molecular weight is 275 g/mol. The standard InChI is InChI=1S/C18H29NO/c1-20-18-13-9-16(10-14-18)8-12-17(19)11-7-15-5-3-2-4-6-15/h9-10,13-15,17H,2-8,11-12,19H2,1H3. The molecule has 0 saturated heterocycles. The first-order valence-corrected chi connectivity index (χ1v) is 8.16. The van der Waals surface area contributed by atoms with Crippen LogP contribution in [0.5, 0.6) is 5.75 Å². The van der Waals surface area contributed by atoms with Crippen LogP contribution in [0.1, 0.15) is 56.9 Å². The molecular formula is C18H29NO. The lowest BCUT2D eigenvalue weighted by atomic mass is 9.85. The molecule has 1 fully saturated rings. The number of aryl methyl sites for hydroxylation is 1. The van der Waals surface area contributed by atoms with Crippen LogP contribution in [-0.4, -0.2) is 13.2 Å². The number of methoxy groups -OCH3 is 1. The highest BCUT2D eigenvalue weighted by molar-refractivity contribution is 5.27. The van der Waals surface area contributed by atoms with E-state index >= 15 is 0 Å². The van der Waals surface area contributed by atoms with E-state index in [0.29, 0.717) is 6.04 Å². The number of hydrogen-bond acceptors (Lipinski definition) is 2. The highest BCUT2D eigenvalue weighted by atomic mass is 16.5. The van der Waals surface area contributed by atoms with Crippen LogP contribution in [0.4, 0.5) is 0 Å². The second kappa shape index (κ2) is 8.31. The zero-order chi connectivity index (χ0) is 14.2. The molecule has 20 heavy (non-hydrogen) atoms. The molecule has 1 aliphatic rings. The number of nitrogens with two attached hydrogens (primary N) is 1. The number of rotatable bonds is 7. The molecule has 0 aromatic heterocycles. The van der Waals surface area contributed by atoms with Gasteiger partial charge in [-0.25, -0.2) is 0 Å². The van der Waals surface area contributed by atoms with Crippen LogP contribution in [0.15, 0.2) is 24.3 Å². The largest absolute Gasteiger partial charge is 0.497 e. The van der Waals surface area contributed by atoms with Crippen LogP contribution in [0, 0.1) is 5.92 Å². The van der Waals surface area contributed by atoms with E-state index in [9.17, 15) is 0 Å². The van der Waals surface area contributed by atoms with E-state index in [0.717, 1.165) is 24.5 Å². The van der Waals surface area contributed by atoms with E-state index in [-0.39, 0.29) is 0 Å². The van der Waals surface area contributed by atoms with Crippen molar-refractivity contribution in [3.8, 4) is 5.75 Å². The Bertz CT molecular complexity index is 368. The maximum atomic E-state index is 6.27. The predicted octanol–water partition coefficient (Wildman–Crippen LogP) is 4.32. The van der Waals surface area contributed by atoms with Crippen molar-refractivity contribution in [2.75, 3.05) is 7.11 Å². The van der Waals surface area contributed by atoms with Gasteiger partial charge in [0.05, 0.1) is 7.11 Å². The lowest BCUT2D eigenvalue weighted by Gasteiger charge is -2.23. The van der Waals surface area contributed by atoms with Crippen LogP contribution in [-0.2, 0) is 6.42 Å². The van der Waals surface area contributed by atoms with Crippen LogP contribution < -0.4 is 10.5 Å². The van der Waals surface area contributed by atoms with Crippen molar-refractivity contribution < 1.29 is 4.74 Å². The smallest absolute Gasteiger partial charge is 0.118 e. The van der Waals surface area contributed by atoms with Gasteiger partial charge in [0.2, 0.25) is 0 Å². The number of benzene rings is 1. The minimum absolute atomic E-state index is 0.360. The molecule has 0 aliphatic heterocycles. The highest BCUT2D eigenvalue weighted by Gasteiger charge is 2.14. The minimum atomic E-state index is 0.360. The van der Waals surface area contributed by atoms with E-state index in [1.165, 1.54) is 50.5 Å². The Morgan fingerprint density at radius 2 is 1.80 bits per heavy atom. The second-order valence-electron chi connectivity index (χ2n) is 6.23. The third-order valence-electron chi connectivity index (χ3n) is 4.63. The van der Waals surface area contributed by atoms with Crippen molar-refractivity contribution in [1.29, 1.82) is 0 Å². The molecule has 1 aromatic rings. The van der Waals surface area contributed by atoms with Crippen LogP contribution in [0.3, 0.4) is 0 Å². The van der Waals surface area contributed by atoms with Gasteiger partial charge in [0, 0.05) is 6.04 Å². The van der Waals surface area contributed by atoms with E-state index in [2.05, 4.69) is 12.1 Å². The molecule has 1 saturated carbocycles. The monoisotopic (exact) mass is 275 g/mol. The van der Waals surface area contributed by atoms with E-state index in [1.54, 1.807) is 7.11 Å². The van der Waals surface area contributed by atoms with Gasteiger partial charge in [0.1, 0.15) is 5.75 Å². The minimum Gasteiger partial charge on any atom is -0.497 e. The van der Waals surface area contributed by atoms with Crippen molar-refractivity contribution in [3.63, 3.8) is 0 Å². The third-order valence-corrected chi connectivity index (χ3v) is 4.63. The van der Waals surface area contributed by atoms with Crippen LogP contribution in [0.25, 0.3) is 0 Å². The summed E-state index contributed by atoms with van der Waals surface area (Å²) in [5, 5.41) is 0. The van der Waals surface area contributed by atoms with Gasteiger partial charge in [-0.05, 0) is 49.3 Å². The molecule has 2 nitrogen and oxygen atoms in total. The molecule has 0 bridgehead atoms. The van der Waals surface area contributed by atoms with Gasteiger partial charge in [0.25, 0.3) is 0 Å². The zero-order valence-electron chi connectivity index (χ0n) is 12.8. The summed E-state index contributed by atoms with van der Waals surface area (Å²) in [5.41, 5.74) is 7.63. The molecule has 0 spiro atoms. The third kappa shape index (κ3) is 5.16. The molecule has 0 amide bonds. The van der Waals surface area contributed by atoms with Crippen molar-refractivity contribution >= 4 is 0 Å². The Hall–Kier alpha value is -1.02. The van der Waals surface area contributed by atoms with Crippen molar-refractivity contribution in [1.82, 2.24) is 0 Å². The molecule has 1 aromatic carbocycles. The molecule has 0 heterocycles. The molecule has 0 radical (unpaired) electrons. The quantitative estimate of drug-likeness (QED) is 0.804. The average Bonchev–Trinajstić information content (AvgIpc) is 2.52. The Morgan fingerprint density at radius 1 is 1.10 bits per heavy atom. The van der Waals surface area contributed by atoms with Crippen molar-refractivity contribution in [3.05, 3.63) is 29.8 Å². The fourth-order valence-electron chi connectivity index (χ4n) is 3.21. The van der Waals surface area contributed by atoms with Gasteiger partial charge in [-0.2, -0.15) is 0 Å². The summed E-state index contributed by atoms with van der Waals surface area (Å²) in [6.45, 7) is 0. The van der Waals surface area contributed by atoms with Gasteiger partial charge in [-0.1, -0.05) is 44.2 Å². The first-order chi connectivity index (χ1) is 9.78. The lowest BCUT2D eigenvalue weighted by Crippen LogP contribution is -2.22. The molecule has 1 aliphatic carbocycles. The Labute approximate surface area is 123 Å². The van der Waals surface area contributed by atoms with Crippen LogP contribution in [0.2, 0.25) is 0 Å². The summed E-state index contributed by atoms with van der Waals surface area (Å²) in [6.07, 6.45) is 11.9. The molecular weight excluding hydrogens is 246 g/mol. The summed E-state index contributed by atoms with van der Waals surface area (Å²) >= 11 is 0. The summed E-state index contributed by atoms with van der Waals surface area (Å²) in [5.74, 6) is 1.88. The maximum Gasteiger partial charge on any atom is 0.118 e. The van der Waals surface area contributed by atoms with Gasteiger partial charge in [0.15, 0.2) is 0 Å².